The zero-order valence-corrected chi connectivity index (χ0v) is 9.91. The second kappa shape index (κ2) is 3.95. The summed E-state index contributed by atoms with van der Waals surface area (Å²) >= 11 is 0. The molecular formula is C13H14N2O3. The summed E-state index contributed by atoms with van der Waals surface area (Å²) in [6.07, 6.45) is 3.74. The number of hydrogen-bond donors (Lipinski definition) is 0. The Balaban J connectivity index is 1.50. The van der Waals surface area contributed by atoms with Crippen LogP contribution in [0.25, 0.3) is 0 Å². The summed E-state index contributed by atoms with van der Waals surface area (Å²) in [5.74, 6) is 3.62. The van der Waals surface area contributed by atoms with Crippen molar-refractivity contribution in [3.05, 3.63) is 35.9 Å². The Morgan fingerprint density at radius 3 is 3.06 bits per heavy atom. The Kier molecular flexibility index (Phi) is 2.26. The zero-order chi connectivity index (χ0) is 11.9. The molecule has 3 heterocycles. The molecule has 2 aromatic rings. The summed E-state index contributed by atoms with van der Waals surface area (Å²) in [7, 11) is 0. The molecule has 0 radical (unpaired) electrons. The third-order valence-corrected chi connectivity index (χ3v) is 3.77. The van der Waals surface area contributed by atoms with Crippen LogP contribution in [0.3, 0.4) is 0 Å². The average Bonchev–Trinajstić information content (AvgIpc) is 2.96. The first-order chi connectivity index (χ1) is 8.92. The predicted molar refractivity (Wildman–Crippen MR) is 61.3 cm³/mol. The van der Waals surface area contributed by atoms with Gasteiger partial charge in [-0.3, -0.25) is 0 Å². The van der Waals surface area contributed by atoms with E-state index in [-0.39, 0.29) is 0 Å². The van der Waals surface area contributed by atoms with Gasteiger partial charge in [0.25, 0.3) is 0 Å². The van der Waals surface area contributed by atoms with Gasteiger partial charge < -0.3 is 13.7 Å². The highest BCUT2D eigenvalue weighted by atomic mass is 16.5. The standard InChI is InChI=1S/C13H14N2O3/c1-2-11(17-4-1)9-6-10(9)13-14-12(15-18-13)8-3-5-16-7-8/h1-2,4,8-10H,3,5-7H2/t8-,9+,10-/m0/s1. The van der Waals surface area contributed by atoms with E-state index < -0.39 is 0 Å². The van der Waals surface area contributed by atoms with Crippen LogP contribution in [-0.4, -0.2) is 23.4 Å². The number of furan rings is 1. The first-order valence-corrected chi connectivity index (χ1v) is 6.36. The van der Waals surface area contributed by atoms with Gasteiger partial charge in [0, 0.05) is 24.4 Å². The first kappa shape index (κ1) is 10.3. The minimum absolute atomic E-state index is 0.309. The molecule has 2 aromatic heterocycles. The van der Waals surface area contributed by atoms with Gasteiger partial charge in [-0.15, -0.1) is 0 Å². The highest BCUT2D eigenvalue weighted by Crippen LogP contribution is 2.54. The lowest BCUT2D eigenvalue weighted by atomic mass is 10.1. The van der Waals surface area contributed by atoms with E-state index in [2.05, 4.69) is 10.1 Å². The molecule has 5 heteroatoms. The van der Waals surface area contributed by atoms with Crippen molar-refractivity contribution in [1.29, 1.82) is 0 Å². The van der Waals surface area contributed by atoms with Gasteiger partial charge in [-0.05, 0) is 25.0 Å². The summed E-state index contributed by atoms with van der Waals surface area (Å²) in [6.45, 7) is 1.51. The van der Waals surface area contributed by atoms with Gasteiger partial charge in [0.1, 0.15) is 5.76 Å². The van der Waals surface area contributed by atoms with Gasteiger partial charge in [0.15, 0.2) is 5.82 Å². The SMILES string of the molecule is c1coc([C@@H]2C[C@@H]2c2nc([C@H]3CCOC3)no2)c1. The van der Waals surface area contributed by atoms with E-state index in [9.17, 15) is 0 Å². The van der Waals surface area contributed by atoms with Crippen molar-refractivity contribution in [1.82, 2.24) is 10.1 Å². The van der Waals surface area contributed by atoms with Crippen molar-refractivity contribution >= 4 is 0 Å². The van der Waals surface area contributed by atoms with Gasteiger partial charge in [-0.2, -0.15) is 4.98 Å². The van der Waals surface area contributed by atoms with Gasteiger partial charge in [-0.25, -0.2) is 0 Å². The molecule has 0 spiro atoms. The lowest BCUT2D eigenvalue weighted by Gasteiger charge is -1.97. The average molecular weight is 246 g/mol. The molecule has 5 nitrogen and oxygen atoms in total. The molecule has 1 saturated carbocycles. The van der Waals surface area contributed by atoms with Crippen molar-refractivity contribution < 1.29 is 13.7 Å². The van der Waals surface area contributed by atoms with Gasteiger partial charge >= 0.3 is 0 Å². The van der Waals surface area contributed by atoms with Crippen molar-refractivity contribution in [2.75, 3.05) is 13.2 Å². The molecule has 2 aliphatic rings. The van der Waals surface area contributed by atoms with E-state index in [0.717, 1.165) is 36.9 Å². The van der Waals surface area contributed by atoms with Crippen LogP contribution in [0.2, 0.25) is 0 Å². The van der Waals surface area contributed by atoms with Crippen molar-refractivity contribution in [2.24, 2.45) is 0 Å². The van der Waals surface area contributed by atoms with Crippen LogP contribution in [0.5, 0.6) is 0 Å². The monoisotopic (exact) mass is 246 g/mol. The molecule has 1 aliphatic heterocycles. The summed E-state index contributed by atoms with van der Waals surface area (Å²) < 4.78 is 16.1. The maximum absolute atomic E-state index is 5.41. The molecule has 2 fully saturated rings. The molecule has 0 N–H and O–H groups in total. The summed E-state index contributed by atoms with van der Waals surface area (Å²) in [6, 6.07) is 3.92. The molecule has 0 unspecified atom stereocenters. The summed E-state index contributed by atoms with van der Waals surface area (Å²) in [5.41, 5.74) is 0. The third kappa shape index (κ3) is 1.66. The topological polar surface area (TPSA) is 61.3 Å². The number of nitrogens with zero attached hydrogens (tertiary/aromatic N) is 2. The van der Waals surface area contributed by atoms with Crippen LogP contribution < -0.4 is 0 Å². The van der Waals surface area contributed by atoms with Crippen LogP contribution in [-0.2, 0) is 4.74 Å². The second-order valence-corrected chi connectivity index (χ2v) is 5.02. The summed E-state index contributed by atoms with van der Waals surface area (Å²) in [5, 5.41) is 4.08. The zero-order valence-electron chi connectivity index (χ0n) is 9.91. The fourth-order valence-electron chi connectivity index (χ4n) is 2.59. The summed E-state index contributed by atoms with van der Waals surface area (Å²) in [4.78, 5) is 4.51. The first-order valence-electron chi connectivity index (χ1n) is 6.36. The molecule has 18 heavy (non-hydrogen) atoms. The maximum Gasteiger partial charge on any atom is 0.230 e. The molecule has 1 aliphatic carbocycles. The quantitative estimate of drug-likeness (QED) is 0.832. The molecular weight excluding hydrogens is 232 g/mol. The largest absolute Gasteiger partial charge is 0.469 e. The normalized spacial score (nSPS) is 30.8. The third-order valence-electron chi connectivity index (χ3n) is 3.77. The van der Waals surface area contributed by atoms with E-state index in [1.807, 2.05) is 12.1 Å². The van der Waals surface area contributed by atoms with Gasteiger partial charge in [0.05, 0.1) is 12.9 Å². The molecule has 4 rings (SSSR count). The lowest BCUT2D eigenvalue weighted by Crippen LogP contribution is -1.99. The molecule has 94 valence electrons. The fourth-order valence-corrected chi connectivity index (χ4v) is 2.59. The minimum Gasteiger partial charge on any atom is -0.469 e. The minimum atomic E-state index is 0.309. The number of ether oxygens (including phenoxy) is 1. The number of aromatic nitrogens is 2. The van der Waals surface area contributed by atoms with Crippen LogP contribution >= 0.6 is 0 Å². The molecule has 0 bridgehead atoms. The van der Waals surface area contributed by atoms with E-state index in [4.69, 9.17) is 13.7 Å². The van der Waals surface area contributed by atoms with Crippen LogP contribution in [0.1, 0.15) is 48.1 Å². The Hall–Kier alpha value is -1.62. The van der Waals surface area contributed by atoms with Crippen molar-refractivity contribution in [2.45, 2.75) is 30.6 Å². The number of rotatable bonds is 3. The van der Waals surface area contributed by atoms with Crippen LogP contribution in [0.4, 0.5) is 0 Å². The Labute approximate surface area is 104 Å². The highest BCUT2D eigenvalue weighted by molar-refractivity contribution is 5.23. The number of hydrogen-bond acceptors (Lipinski definition) is 5. The smallest absolute Gasteiger partial charge is 0.230 e. The van der Waals surface area contributed by atoms with E-state index in [1.165, 1.54) is 0 Å². The highest BCUT2D eigenvalue weighted by Gasteiger charge is 2.45. The Morgan fingerprint density at radius 2 is 2.28 bits per heavy atom. The fraction of sp³-hybridized carbons (Fsp3) is 0.538. The Morgan fingerprint density at radius 1 is 1.28 bits per heavy atom. The van der Waals surface area contributed by atoms with Crippen molar-refractivity contribution in [3.63, 3.8) is 0 Å². The van der Waals surface area contributed by atoms with Crippen molar-refractivity contribution in [3.8, 4) is 0 Å². The second-order valence-electron chi connectivity index (χ2n) is 5.02. The Bertz CT molecular complexity index is 528. The van der Waals surface area contributed by atoms with E-state index in [0.29, 0.717) is 24.4 Å². The molecule has 1 saturated heterocycles. The molecule has 3 atom stereocenters. The van der Waals surface area contributed by atoms with E-state index in [1.54, 1.807) is 6.26 Å². The van der Waals surface area contributed by atoms with Gasteiger partial charge in [-0.1, -0.05) is 5.16 Å². The van der Waals surface area contributed by atoms with Crippen LogP contribution in [0, 0.1) is 0 Å². The lowest BCUT2D eigenvalue weighted by molar-refractivity contribution is 0.192. The predicted octanol–water partition coefficient (Wildman–Crippen LogP) is 2.44. The van der Waals surface area contributed by atoms with Gasteiger partial charge in [0.2, 0.25) is 5.89 Å². The van der Waals surface area contributed by atoms with E-state index >= 15 is 0 Å². The van der Waals surface area contributed by atoms with Crippen LogP contribution in [0.15, 0.2) is 27.3 Å². The molecule has 0 amide bonds. The maximum atomic E-state index is 5.41. The molecule has 0 aromatic carbocycles.